The predicted molar refractivity (Wildman–Crippen MR) is 71.7 cm³/mol. The molecule has 4 heteroatoms. The van der Waals surface area contributed by atoms with Gasteiger partial charge in [0.05, 0.1) is 4.88 Å². The van der Waals surface area contributed by atoms with E-state index in [0.29, 0.717) is 5.15 Å². The average Bonchev–Trinajstić information content (AvgIpc) is 2.76. The monoisotopic (exact) mass is 264 g/mol. The third kappa shape index (κ3) is 2.09. The number of rotatable bonds is 1. The fourth-order valence-corrected chi connectivity index (χ4v) is 3.30. The largest absolute Gasteiger partial charge is 0.232 e. The van der Waals surface area contributed by atoms with Crippen LogP contribution in [0.5, 0.6) is 0 Å². The Hall–Kier alpha value is -0.930. The van der Waals surface area contributed by atoms with E-state index in [9.17, 15) is 0 Å². The van der Waals surface area contributed by atoms with E-state index in [2.05, 4.69) is 29.0 Å². The number of nitrogens with zero attached hydrogens (tertiary/aromatic N) is 2. The zero-order valence-corrected chi connectivity index (χ0v) is 11.2. The van der Waals surface area contributed by atoms with Crippen LogP contribution in [-0.2, 0) is 12.8 Å². The molecule has 0 saturated carbocycles. The predicted octanol–water partition coefficient (Wildman–Crippen LogP) is 4.05. The van der Waals surface area contributed by atoms with Crippen LogP contribution in [0.1, 0.15) is 29.0 Å². The van der Waals surface area contributed by atoms with Gasteiger partial charge in [0.25, 0.3) is 0 Å². The highest BCUT2D eigenvalue weighted by atomic mass is 35.5. The van der Waals surface area contributed by atoms with Crippen molar-refractivity contribution in [1.82, 2.24) is 9.97 Å². The quantitative estimate of drug-likeness (QED) is 0.727. The highest BCUT2D eigenvalue weighted by Crippen LogP contribution is 2.30. The van der Waals surface area contributed by atoms with Crippen LogP contribution in [0.15, 0.2) is 12.1 Å². The molecule has 0 spiro atoms. The molecule has 3 rings (SSSR count). The van der Waals surface area contributed by atoms with Gasteiger partial charge in [-0.15, -0.1) is 11.3 Å². The van der Waals surface area contributed by atoms with E-state index in [1.165, 1.54) is 17.7 Å². The molecule has 2 nitrogen and oxygen atoms in total. The van der Waals surface area contributed by atoms with Gasteiger partial charge < -0.3 is 0 Å². The Kier molecular flexibility index (Phi) is 2.89. The molecular weight excluding hydrogens is 252 g/mol. The molecule has 0 amide bonds. The number of fused-ring (bicyclic) bond motifs is 1. The van der Waals surface area contributed by atoms with Gasteiger partial charge in [-0.05, 0) is 44.7 Å². The Morgan fingerprint density at radius 3 is 2.76 bits per heavy atom. The van der Waals surface area contributed by atoms with Crippen LogP contribution in [0.25, 0.3) is 10.7 Å². The fraction of sp³-hybridized carbons (Fsp3) is 0.385. The van der Waals surface area contributed by atoms with Crippen molar-refractivity contribution in [2.45, 2.75) is 32.6 Å². The first-order chi connectivity index (χ1) is 8.24. The Labute approximate surface area is 110 Å². The van der Waals surface area contributed by atoms with Crippen molar-refractivity contribution in [3.63, 3.8) is 0 Å². The van der Waals surface area contributed by atoms with Crippen molar-refractivity contribution < 1.29 is 0 Å². The molecule has 0 bridgehead atoms. The van der Waals surface area contributed by atoms with Crippen molar-refractivity contribution >= 4 is 22.9 Å². The van der Waals surface area contributed by atoms with Gasteiger partial charge in [0, 0.05) is 16.1 Å². The molecule has 0 atom stereocenters. The second-order valence-electron chi connectivity index (χ2n) is 4.38. The van der Waals surface area contributed by atoms with Crippen LogP contribution < -0.4 is 0 Å². The summed E-state index contributed by atoms with van der Waals surface area (Å²) in [6, 6.07) is 4.16. The van der Waals surface area contributed by atoms with Crippen molar-refractivity contribution in [3.05, 3.63) is 33.4 Å². The molecule has 2 aromatic heterocycles. The van der Waals surface area contributed by atoms with Gasteiger partial charge in [-0.1, -0.05) is 11.6 Å². The fourth-order valence-electron chi connectivity index (χ4n) is 2.21. The van der Waals surface area contributed by atoms with Crippen molar-refractivity contribution in [2.24, 2.45) is 0 Å². The van der Waals surface area contributed by atoms with E-state index < -0.39 is 0 Å². The molecular formula is C13H13ClN2S. The zero-order chi connectivity index (χ0) is 11.8. The van der Waals surface area contributed by atoms with Crippen LogP contribution in [0.3, 0.4) is 0 Å². The van der Waals surface area contributed by atoms with E-state index in [-0.39, 0.29) is 0 Å². The van der Waals surface area contributed by atoms with Crippen molar-refractivity contribution in [1.29, 1.82) is 0 Å². The lowest BCUT2D eigenvalue weighted by Crippen LogP contribution is -2.08. The Balaban J connectivity index is 2.10. The molecule has 1 aliphatic carbocycles. The Morgan fingerprint density at radius 1 is 1.18 bits per heavy atom. The molecule has 0 aliphatic heterocycles. The van der Waals surface area contributed by atoms with Crippen molar-refractivity contribution in [3.8, 4) is 10.7 Å². The topological polar surface area (TPSA) is 25.8 Å². The minimum Gasteiger partial charge on any atom is -0.232 e. The Bertz CT molecular complexity index is 563. The number of aromatic nitrogens is 2. The summed E-state index contributed by atoms with van der Waals surface area (Å²) in [6.45, 7) is 2.09. The van der Waals surface area contributed by atoms with E-state index in [0.717, 1.165) is 34.8 Å². The highest BCUT2D eigenvalue weighted by molar-refractivity contribution is 7.15. The maximum atomic E-state index is 6.26. The lowest BCUT2D eigenvalue weighted by atomic mass is 9.97. The molecule has 88 valence electrons. The van der Waals surface area contributed by atoms with E-state index in [4.69, 9.17) is 11.6 Å². The minimum absolute atomic E-state index is 0.649. The van der Waals surface area contributed by atoms with Gasteiger partial charge in [0.1, 0.15) is 5.15 Å². The number of halogens is 1. The summed E-state index contributed by atoms with van der Waals surface area (Å²) >= 11 is 7.97. The lowest BCUT2D eigenvalue weighted by molar-refractivity contribution is 0.664. The summed E-state index contributed by atoms with van der Waals surface area (Å²) in [4.78, 5) is 11.5. The summed E-state index contributed by atoms with van der Waals surface area (Å²) in [7, 11) is 0. The summed E-state index contributed by atoms with van der Waals surface area (Å²) in [6.07, 6.45) is 4.48. The van der Waals surface area contributed by atoms with Gasteiger partial charge in [0.15, 0.2) is 5.82 Å². The Morgan fingerprint density at radius 2 is 2.00 bits per heavy atom. The van der Waals surface area contributed by atoms with Crippen LogP contribution in [-0.4, -0.2) is 9.97 Å². The SMILES string of the molecule is Cc1ccc(-c2nc(Cl)c3c(n2)CCCC3)s1. The van der Waals surface area contributed by atoms with E-state index in [1.54, 1.807) is 11.3 Å². The maximum absolute atomic E-state index is 6.26. The summed E-state index contributed by atoms with van der Waals surface area (Å²) in [5.41, 5.74) is 2.31. The van der Waals surface area contributed by atoms with Crippen LogP contribution in [0.2, 0.25) is 5.15 Å². The van der Waals surface area contributed by atoms with Gasteiger partial charge in [-0.25, -0.2) is 9.97 Å². The second kappa shape index (κ2) is 4.39. The van der Waals surface area contributed by atoms with Gasteiger partial charge >= 0.3 is 0 Å². The molecule has 2 heterocycles. The molecule has 2 aromatic rings. The summed E-state index contributed by atoms with van der Waals surface area (Å²) < 4.78 is 0. The molecule has 0 unspecified atom stereocenters. The zero-order valence-electron chi connectivity index (χ0n) is 9.66. The third-order valence-corrected chi connectivity index (χ3v) is 4.40. The number of thiophene rings is 1. The highest BCUT2D eigenvalue weighted by Gasteiger charge is 2.17. The number of hydrogen-bond acceptors (Lipinski definition) is 3. The number of hydrogen-bond donors (Lipinski definition) is 0. The first kappa shape index (κ1) is 11.2. The van der Waals surface area contributed by atoms with Gasteiger partial charge in [0.2, 0.25) is 0 Å². The molecule has 1 aliphatic rings. The maximum Gasteiger partial charge on any atom is 0.171 e. The summed E-state index contributed by atoms with van der Waals surface area (Å²) in [5, 5.41) is 0.649. The molecule has 17 heavy (non-hydrogen) atoms. The smallest absolute Gasteiger partial charge is 0.171 e. The third-order valence-electron chi connectivity index (χ3n) is 3.09. The molecule has 0 aromatic carbocycles. The summed E-state index contributed by atoms with van der Waals surface area (Å²) in [5.74, 6) is 0.786. The van der Waals surface area contributed by atoms with Gasteiger partial charge in [-0.2, -0.15) is 0 Å². The molecule has 0 radical (unpaired) electrons. The molecule has 0 N–H and O–H groups in total. The van der Waals surface area contributed by atoms with Gasteiger partial charge in [-0.3, -0.25) is 0 Å². The standard InChI is InChI=1S/C13H13ClN2S/c1-8-6-7-11(17-8)13-15-10-5-3-2-4-9(10)12(14)16-13/h6-7H,2-5H2,1H3. The first-order valence-electron chi connectivity index (χ1n) is 5.86. The van der Waals surface area contributed by atoms with Crippen LogP contribution >= 0.6 is 22.9 Å². The van der Waals surface area contributed by atoms with E-state index >= 15 is 0 Å². The first-order valence-corrected chi connectivity index (χ1v) is 7.05. The van der Waals surface area contributed by atoms with E-state index in [1.807, 2.05) is 0 Å². The lowest BCUT2D eigenvalue weighted by Gasteiger charge is -2.16. The normalized spacial score (nSPS) is 14.7. The van der Waals surface area contributed by atoms with Crippen molar-refractivity contribution in [2.75, 3.05) is 0 Å². The molecule has 0 fully saturated rings. The van der Waals surface area contributed by atoms with Crippen LogP contribution in [0.4, 0.5) is 0 Å². The average molecular weight is 265 g/mol. The van der Waals surface area contributed by atoms with Crippen LogP contribution in [0, 0.1) is 6.92 Å². The number of aryl methyl sites for hydroxylation is 2. The molecule has 0 saturated heterocycles. The second-order valence-corrected chi connectivity index (χ2v) is 6.03. The minimum atomic E-state index is 0.649.